The van der Waals surface area contributed by atoms with Crippen molar-refractivity contribution in [2.75, 3.05) is 10.6 Å². The highest BCUT2D eigenvalue weighted by molar-refractivity contribution is 5.98. The van der Waals surface area contributed by atoms with Gasteiger partial charge in [-0.15, -0.1) is 0 Å². The maximum Gasteiger partial charge on any atom is 0.416 e. The van der Waals surface area contributed by atoms with Crippen LogP contribution in [0.3, 0.4) is 0 Å². The number of carbonyl (C=O) groups excluding carboxylic acids is 1. The van der Waals surface area contributed by atoms with E-state index in [1.165, 1.54) is 34.5 Å². The van der Waals surface area contributed by atoms with E-state index in [9.17, 15) is 18.0 Å². The van der Waals surface area contributed by atoms with Gasteiger partial charge in [0.15, 0.2) is 0 Å². The van der Waals surface area contributed by atoms with E-state index in [4.69, 9.17) is 0 Å². The number of nitrogens with one attached hydrogen (secondary N) is 2. The molecule has 0 spiro atoms. The molecule has 0 saturated carbocycles. The molecule has 4 rings (SSSR count). The smallest absolute Gasteiger partial charge is 0.374 e. The maximum absolute atomic E-state index is 13.2. The second-order valence-electron chi connectivity index (χ2n) is 7.26. The van der Waals surface area contributed by atoms with Gasteiger partial charge in [0.25, 0.3) is 0 Å². The lowest BCUT2D eigenvalue weighted by Crippen LogP contribution is -2.32. The van der Waals surface area contributed by atoms with Crippen molar-refractivity contribution in [1.29, 1.82) is 0 Å². The zero-order valence-corrected chi connectivity index (χ0v) is 16.2. The summed E-state index contributed by atoms with van der Waals surface area (Å²) in [5, 5.41) is 9.66. The van der Waals surface area contributed by atoms with Gasteiger partial charge >= 0.3 is 6.18 Å². The molecule has 30 heavy (non-hydrogen) atoms. The summed E-state index contributed by atoms with van der Waals surface area (Å²) in [6.07, 6.45) is 1.28. The quantitative estimate of drug-likeness (QED) is 0.655. The van der Waals surface area contributed by atoms with Crippen LogP contribution in [0.5, 0.6) is 0 Å². The van der Waals surface area contributed by atoms with Gasteiger partial charge in [0.2, 0.25) is 5.91 Å². The van der Waals surface area contributed by atoms with Gasteiger partial charge in [-0.25, -0.2) is 9.67 Å². The first-order valence-corrected chi connectivity index (χ1v) is 9.57. The number of aryl methyl sites for hydroxylation is 2. The number of hydrogen-bond donors (Lipinski definition) is 2. The van der Waals surface area contributed by atoms with Crippen LogP contribution in [0.15, 0.2) is 49.1 Å². The Morgan fingerprint density at radius 3 is 2.67 bits per heavy atom. The standard InChI is InChI=1S/C21H20F3N5O/c1-13(27-17-7-5-14-3-2-4-15(14)9-17)20(30)28-18-10-16(21(22,23)24)6-8-19(18)29-12-25-11-26-29/h5-13,27H,2-4H2,1H3,(H,28,30). The lowest BCUT2D eigenvalue weighted by molar-refractivity contribution is -0.137. The second-order valence-corrected chi connectivity index (χ2v) is 7.26. The van der Waals surface area contributed by atoms with Crippen molar-refractivity contribution < 1.29 is 18.0 Å². The molecule has 1 aromatic heterocycles. The number of halogens is 3. The first kappa shape index (κ1) is 19.9. The summed E-state index contributed by atoms with van der Waals surface area (Å²) < 4.78 is 40.8. The predicted molar refractivity (Wildman–Crippen MR) is 107 cm³/mol. The van der Waals surface area contributed by atoms with Crippen LogP contribution in [-0.2, 0) is 23.8 Å². The molecule has 2 aromatic carbocycles. The molecule has 0 bridgehead atoms. The van der Waals surface area contributed by atoms with Gasteiger partial charge in [-0.1, -0.05) is 6.07 Å². The van der Waals surface area contributed by atoms with E-state index in [-0.39, 0.29) is 5.69 Å². The van der Waals surface area contributed by atoms with Crippen LogP contribution in [0.25, 0.3) is 5.69 Å². The van der Waals surface area contributed by atoms with E-state index in [0.717, 1.165) is 37.1 Å². The van der Waals surface area contributed by atoms with Gasteiger partial charge in [0.05, 0.1) is 16.9 Å². The van der Waals surface area contributed by atoms with Crippen molar-refractivity contribution in [2.45, 2.75) is 38.4 Å². The van der Waals surface area contributed by atoms with E-state index in [0.29, 0.717) is 5.69 Å². The molecule has 1 atom stereocenters. The molecule has 3 aromatic rings. The molecule has 0 aliphatic heterocycles. The van der Waals surface area contributed by atoms with Crippen molar-refractivity contribution in [3.05, 3.63) is 65.7 Å². The lowest BCUT2D eigenvalue weighted by Gasteiger charge is -2.18. The third-order valence-electron chi connectivity index (χ3n) is 5.12. The summed E-state index contributed by atoms with van der Waals surface area (Å²) in [6.45, 7) is 1.66. The van der Waals surface area contributed by atoms with Crippen molar-refractivity contribution in [3.8, 4) is 5.69 Å². The number of anilines is 2. The van der Waals surface area contributed by atoms with Crippen LogP contribution in [0, 0.1) is 0 Å². The largest absolute Gasteiger partial charge is 0.416 e. The van der Waals surface area contributed by atoms with Crippen molar-refractivity contribution >= 4 is 17.3 Å². The average molecular weight is 415 g/mol. The van der Waals surface area contributed by atoms with Crippen LogP contribution in [0.1, 0.15) is 30.0 Å². The highest BCUT2D eigenvalue weighted by atomic mass is 19.4. The molecule has 0 saturated heterocycles. The molecule has 0 radical (unpaired) electrons. The van der Waals surface area contributed by atoms with Gasteiger partial charge in [0.1, 0.15) is 18.7 Å². The minimum Gasteiger partial charge on any atom is -0.374 e. The Kier molecular flexibility index (Phi) is 5.19. The van der Waals surface area contributed by atoms with Crippen LogP contribution < -0.4 is 10.6 Å². The van der Waals surface area contributed by atoms with Gasteiger partial charge in [-0.2, -0.15) is 18.3 Å². The number of aromatic nitrogens is 3. The van der Waals surface area contributed by atoms with Crippen molar-refractivity contribution in [2.24, 2.45) is 0 Å². The van der Waals surface area contributed by atoms with Crippen LogP contribution >= 0.6 is 0 Å². The van der Waals surface area contributed by atoms with Gasteiger partial charge in [0, 0.05) is 5.69 Å². The normalized spacial score (nSPS) is 14.3. The SMILES string of the molecule is CC(Nc1ccc2c(c1)CCC2)C(=O)Nc1cc(C(F)(F)F)ccc1-n1cncn1. The molecule has 1 heterocycles. The van der Waals surface area contributed by atoms with Crippen LogP contribution in [0.2, 0.25) is 0 Å². The van der Waals surface area contributed by atoms with Gasteiger partial charge in [-0.3, -0.25) is 4.79 Å². The molecule has 156 valence electrons. The summed E-state index contributed by atoms with van der Waals surface area (Å²) in [4.78, 5) is 16.5. The molecule has 6 nitrogen and oxygen atoms in total. The number of benzene rings is 2. The summed E-state index contributed by atoms with van der Waals surface area (Å²) in [5.41, 5.74) is 2.82. The number of nitrogens with zero attached hydrogens (tertiary/aromatic N) is 3. The summed E-state index contributed by atoms with van der Waals surface area (Å²) in [6, 6.07) is 8.42. The number of alkyl halides is 3. The number of hydrogen-bond acceptors (Lipinski definition) is 4. The average Bonchev–Trinajstić information content (AvgIpc) is 3.38. The lowest BCUT2D eigenvalue weighted by atomic mass is 10.1. The molecule has 1 unspecified atom stereocenters. The monoisotopic (exact) mass is 415 g/mol. The van der Waals surface area contributed by atoms with E-state index in [1.54, 1.807) is 6.92 Å². The van der Waals surface area contributed by atoms with Crippen LogP contribution in [-0.4, -0.2) is 26.7 Å². The number of rotatable bonds is 5. The molecule has 1 aliphatic carbocycles. The number of carbonyl (C=O) groups is 1. The molecule has 1 amide bonds. The summed E-state index contributed by atoms with van der Waals surface area (Å²) in [5.74, 6) is -0.462. The van der Waals surface area contributed by atoms with Crippen LogP contribution in [0.4, 0.5) is 24.5 Å². The van der Waals surface area contributed by atoms with Crippen molar-refractivity contribution in [1.82, 2.24) is 14.8 Å². The topological polar surface area (TPSA) is 71.8 Å². The third-order valence-corrected chi connectivity index (χ3v) is 5.12. The van der Waals surface area contributed by atoms with E-state index in [2.05, 4.69) is 20.7 Å². The second kappa shape index (κ2) is 7.81. The molecular formula is C21H20F3N5O. The number of fused-ring (bicyclic) bond motifs is 1. The molecule has 0 fully saturated rings. The molecule has 9 heteroatoms. The summed E-state index contributed by atoms with van der Waals surface area (Å²) >= 11 is 0. The fraction of sp³-hybridized carbons (Fsp3) is 0.286. The Balaban J connectivity index is 1.55. The first-order valence-electron chi connectivity index (χ1n) is 9.57. The molecule has 2 N–H and O–H groups in total. The van der Waals surface area contributed by atoms with E-state index < -0.39 is 23.7 Å². The highest BCUT2D eigenvalue weighted by Crippen LogP contribution is 2.33. The zero-order chi connectivity index (χ0) is 21.3. The Hall–Kier alpha value is -3.36. The Labute approximate surface area is 171 Å². The third kappa shape index (κ3) is 4.14. The number of amides is 1. The van der Waals surface area contributed by atoms with Crippen molar-refractivity contribution in [3.63, 3.8) is 0 Å². The Morgan fingerprint density at radius 2 is 1.93 bits per heavy atom. The minimum atomic E-state index is -4.53. The van der Waals surface area contributed by atoms with E-state index >= 15 is 0 Å². The predicted octanol–water partition coefficient (Wildman–Crippen LogP) is 4.21. The maximum atomic E-state index is 13.2. The van der Waals surface area contributed by atoms with Gasteiger partial charge in [-0.05, 0) is 67.6 Å². The minimum absolute atomic E-state index is 0.00271. The Morgan fingerprint density at radius 1 is 1.13 bits per heavy atom. The van der Waals surface area contributed by atoms with Gasteiger partial charge < -0.3 is 10.6 Å². The fourth-order valence-electron chi connectivity index (χ4n) is 3.56. The Bertz CT molecular complexity index is 1060. The zero-order valence-electron chi connectivity index (χ0n) is 16.2. The summed E-state index contributed by atoms with van der Waals surface area (Å²) in [7, 11) is 0. The fourth-order valence-corrected chi connectivity index (χ4v) is 3.56. The first-order chi connectivity index (χ1) is 14.3. The van der Waals surface area contributed by atoms with E-state index in [1.807, 2.05) is 18.2 Å². The highest BCUT2D eigenvalue weighted by Gasteiger charge is 2.31. The molecular weight excluding hydrogens is 395 g/mol. The molecule has 1 aliphatic rings.